The van der Waals surface area contributed by atoms with Crippen molar-refractivity contribution in [2.24, 2.45) is 0 Å². The van der Waals surface area contributed by atoms with Gasteiger partial charge >= 0.3 is 0 Å². The Morgan fingerprint density at radius 2 is 1.62 bits per heavy atom. The maximum Gasteiger partial charge on any atom is 0.255 e. The molecule has 4 rings (SSSR count). The Morgan fingerprint density at radius 1 is 0.931 bits per heavy atom. The average molecular weight is 445 g/mol. The van der Waals surface area contributed by atoms with Crippen LogP contribution in [0.25, 0.3) is 0 Å². The first-order valence-electron chi connectivity index (χ1n) is 9.85. The molecular weight excluding hydrogens is 423 g/mol. The standard InChI is InChI=1S/C23H22Cl2N2OS/c24-18-10-11-20(25)17(12-18)13-19-21(26-23(29)27-22(19)28)16-8-6-15(7-9-16)14-4-2-1-3-5-14/h1-5,10-12,15-16H,6-9,13H2,(H2,26,27,28,29)/t15-,16-. The van der Waals surface area contributed by atoms with E-state index in [9.17, 15) is 4.79 Å². The zero-order valence-electron chi connectivity index (χ0n) is 15.9. The van der Waals surface area contributed by atoms with E-state index in [1.54, 1.807) is 12.1 Å². The molecule has 0 bridgehead atoms. The van der Waals surface area contributed by atoms with Crippen LogP contribution in [0, 0.1) is 4.77 Å². The highest BCUT2D eigenvalue weighted by atomic mass is 35.5. The van der Waals surface area contributed by atoms with Gasteiger partial charge in [0.2, 0.25) is 0 Å². The maximum atomic E-state index is 12.8. The van der Waals surface area contributed by atoms with Crippen molar-refractivity contribution in [3.63, 3.8) is 0 Å². The summed E-state index contributed by atoms with van der Waals surface area (Å²) in [4.78, 5) is 18.8. The molecule has 2 N–H and O–H groups in total. The summed E-state index contributed by atoms with van der Waals surface area (Å²) in [6.45, 7) is 0. The summed E-state index contributed by atoms with van der Waals surface area (Å²) in [5, 5.41) is 1.21. The highest BCUT2D eigenvalue weighted by Crippen LogP contribution is 2.40. The molecule has 3 nitrogen and oxygen atoms in total. The number of hydrogen-bond donors (Lipinski definition) is 2. The van der Waals surface area contributed by atoms with Crippen molar-refractivity contribution >= 4 is 35.4 Å². The minimum absolute atomic E-state index is 0.148. The van der Waals surface area contributed by atoms with Crippen LogP contribution in [-0.4, -0.2) is 9.97 Å². The van der Waals surface area contributed by atoms with Crippen molar-refractivity contribution < 1.29 is 0 Å². The molecule has 0 aliphatic heterocycles. The highest BCUT2D eigenvalue weighted by molar-refractivity contribution is 7.71. The molecule has 2 aromatic carbocycles. The van der Waals surface area contributed by atoms with Crippen LogP contribution < -0.4 is 5.56 Å². The van der Waals surface area contributed by atoms with Crippen molar-refractivity contribution in [3.8, 4) is 0 Å². The predicted molar refractivity (Wildman–Crippen MR) is 122 cm³/mol. The van der Waals surface area contributed by atoms with E-state index in [1.165, 1.54) is 5.56 Å². The maximum absolute atomic E-state index is 12.8. The van der Waals surface area contributed by atoms with Gasteiger partial charge in [0.25, 0.3) is 5.56 Å². The lowest BCUT2D eigenvalue weighted by atomic mass is 9.76. The van der Waals surface area contributed by atoms with Gasteiger partial charge in [-0.05, 0) is 79.1 Å². The van der Waals surface area contributed by atoms with Crippen LogP contribution in [0.5, 0.6) is 0 Å². The molecule has 1 aliphatic carbocycles. The number of benzene rings is 2. The van der Waals surface area contributed by atoms with E-state index >= 15 is 0 Å². The predicted octanol–water partition coefficient (Wildman–Crippen LogP) is 6.77. The number of aromatic amines is 2. The molecule has 29 heavy (non-hydrogen) atoms. The first-order valence-corrected chi connectivity index (χ1v) is 11.0. The fourth-order valence-electron chi connectivity index (χ4n) is 4.36. The van der Waals surface area contributed by atoms with E-state index in [2.05, 4.69) is 40.3 Å². The summed E-state index contributed by atoms with van der Waals surface area (Å²) >= 11 is 17.8. The number of aromatic nitrogens is 2. The largest absolute Gasteiger partial charge is 0.335 e. The third kappa shape index (κ3) is 4.66. The summed E-state index contributed by atoms with van der Waals surface area (Å²) in [7, 11) is 0. The number of nitrogens with one attached hydrogen (secondary N) is 2. The lowest BCUT2D eigenvalue weighted by molar-refractivity contribution is 0.389. The van der Waals surface area contributed by atoms with Crippen molar-refractivity contribution in [1.82, 2.24) is 9.97 Å². The molecule has 0 radical (unpaired) electrons. The summed E-state index contributed by atoms with van der Waals surface area (Å²) < 4.78 is 0.371. The van der Waals surface area contributed by atoms with Gasteiger partial charge < -0.3 is 4.98 Å². The second kappa shape index (κ2) is 8.86. The number of rotatable bonds is 4. The van der Waals surface area contributed by atoms with Gasteiger partial charge in [-0.15, -0.1) is 0 Å². The molecule has 0 atom stereocenters. The van der Waals surface area contributed by atoms with Gasteiger partial charge in [-0.2, -0.15) is 0 Å². The van der Waals surface area contributed by atoms with Crippen LogP contribution in [0.4, 0.5) is 0 Å². The zero-order chi connectivity index (χ0) is 20.4. The van der Waals surface area contributed by atoms with Gasteiger partial charge in [0.1, 0.15) is 0 Å². The van der Waals surface area contributed by atoms with Crippen LogP contribution >= 0.6 is 35.4 Å². The normalized spacial score (nSPS) is 19.2. The minimum atomic E-state index is -0.148. The van der Waals surface area contributed by atoms with Gasteiger partial charge in [0.15, 0.2) is 4.77 Å². The summed E-state index contributed by atoms with van der Waals surface area (Å²) in [5.41, 5.74) is 3.74. The van der Waals surface area contributed by atoms with Gasteiger partial charge in [-0.3, -0.25) is 9.78 Å². The van der Waals surface area contributed by atoms with Gasteiger partial charge in [-0.1, -0.05) is 53.5 Å². The summed E-state index contributed by atoms with van der Waals surface area (Å²) in [5.74, 6) is 0.857. The Balaban J connectivity index is 1.62. The Bertz CT molecular complexity index is 1120. The summed E-state index contributed by atoms with van der Waals surface area (Å²) in [6.07, 6.45) is 4.66. The molecule has 150 valence electrons. The first kappa shape index (κ1) is 20.4. The molecule has 0 amide bonds. The SMILES string of the molecule is O=c1[nH]c(=S)[nH]c([C@H]2CC[C@H](c3ccccc3)CC2)c1Cc1cc(Cl)ccc1Cl. The fourth-order valence-corrected chi connectivity index (χ4v) is 4.95. The van der Waals surface area contributed by atoms with Crippen LogP contribution in [0.2, 0.25) is 10.0 Å². The molecular formula is C23H22Cl2N2OS. The number of hydrogen-bond acceptors (Lipinski definition) is 2. The zero-order valence-corrected chi connectivity index (χ0v) is 18.2. The van der Waals surface area contributed by atoms with Crippen LogP contribution in [0.1, 0.15) is 59.9 Å². The minimum Gasteiger partial charge on any atom is -0.335 e. The van der Waals surface area contributed by atoms with Gasteiger partial charge in [-0.25, -0.2) is 0 Å². The topological polar surface area (TPSA) is 48.6 Å². The van der Waals surface area contributed by atoms with Crippen molar-refractivity contribution in [2.45, 2.75) is 43.9 Å². The van der Waals surface area contributed by atoms with Crippen LogP contribution in [0.15, 0.2) is 53.3 Å². The van der Waals surface area contributed by atoms with Crippen LogP contribution in [-0.2, 0) is 6.42 Å². The molecule has 0 spiro atoms. The molecule has 1 heterocycles. The monoisotopic (exact) mass is 444 g/mol. The summed E-state index contributed by atoms with van der Waals surface area (Å²) in [6, 6.07) is 16.0. The van der Waals surface area contributed by atoms with E-state index in [0.717, 1.165) is 36.9 Å². The Hall–Kier alpha value is -1.88. The van der Waals surface area contributed by atoms with Crippen molar-refractivity contribution in [3.05, 3.63) is 96.1 Å². The lowest BCUT2D eigenvalue weighted by Gasteiger charge is -2.30. The fraction of sp³-hybridized carbons (Fsp3) is 0.304. The molecule has 6 heteroatoms. The molecule has 1 fully saturated rings. The smallest absolute Gasteiger partial charge is 0.255 e. The van der Waals surface area contributed by atoms with E-state index < -0.39 is 0 Å². The molecule has 1 aliphatic rings. The van der Waals surface area contributed by atoms with Crippen LogP contribution in [0.3, 0.4) is 0 Å². The van der Waals surface area contributed by atoms with E-state index in [1.807, 2.05) is 6.07 Å². The second-order valence-electron chi connectivity index (χ2n) is 7.67. The molecule has 0 saturated heterocycles. The molecule has 0 unspecified atom stereocenters. The molecule has 1 aromatic heterocycles. The average Bonchev–Trinajstić information content (AvgIpc) is 2.73. The lowest BCUT2D eigenvalue weighted by Crippen LogP contribution is -2.22. The molecule has 3 aromatic rings. The Kier molecular flexibility index (Phi) is 6.23. The Labute approximate surface area is 185 Å². The highest BCUT2D eigenvalue weighted by Gasteiger charge is 2.26. The number of H-pyrrole nitrogens is 2. The van der Waals surface area contributed by atoms with E-state index in [4.69, 9.17) is 35.4 Å². The third-order valence-corrected chi connectivity index (χ3v) is 6.66. The Morgan fingerprint density at radius 3 is 2.34 bits per heavy atom. The van der Waals surface area contributed by atoms with E-state index in [-0.39, 0.29) is 11.5 Å². The number of halogens is 2. The van der Waals surface area contributed by atoms with Gasteiger partial charge in [0, 0.05) is 27.7 Å². The van der Waals surface area contributed by atoms with E-state index in [0.29, 0.717) is 32.7 Å². The van der Waals surface area contributed by atoms with Gasteiger partial charge in [0.05, 0.1) is 0 Å². The second-order valence-corrected chi connectivity index (χ2v) is 8.92. The molecule has 1 saturated carbocycles. The van der Waals surface area contributed by atoms with Crippen molar-refractivity contribution in [1.29, 1.82) is 0 Å². The van der Waals surface area contributed by atoms with Crippen molar-refractivity contribution in [2.75, 3.05) is 0 Å². The third-order valence-electron chi connectivity index (χ3n) is 5.86. The quantitative estimate of drug-likeness (QED) is 0.436. The first-order chi connectivity index (χ1) is 14.0.